The lowest BCUT2D eigenvalue weighted by atomic mass is 9.85. The molecule has 3 nitrogen and oxygen atoms in total. The zero-order valence-corrected chi connectivity index (χ0v) is 13.6. The van der Waals surface area contributed by atoms with E-state index < -0.39 is 0 Å². The number of benzene rings is 2. The van der Waals surface area contributed by atoms with Crippen molar-refractivity contribution >= 4 is 12.4 Å². The number of nitrogens with zero attached hydrogens (tertiary/aromatic N) is 3. The van der Waals surface area contributed by atoms with Crippen LogP contribution in [0.4, 0.5) is 0 Å². The molecule has 1 heterocycles. The molecule has 3 rings (SSSR count). The summed E-state index contributed by atoms with van der Waals surface area (Å²) in [5.74, 6) is 0.0178. The van der Waals surface area contributed by atoms with Crippen LogP contribution in [0.1, 0.15) is 33.7 Å². The molecular formula is C20H14ClN3. The maximum absolute atomic E-state index is 8.97. The quantitative estimate of drug-likeness (QED) is 0.713. The molecule has 0 fully saturated rings. The lowest BCUT2D eigenvalue weighted by molar-refractivity contribution is 0.962. The number of pyridine rings is 1. The third-order valence-electron chi connectivity index (χ3n) is 3.76. The molecule has 0 N–H and O–H groups in total. The van der Waals surface area contributed by atoms with E-state index in [0.717, 1.165) is 16.7 Å². The predicted molar refractivity (Wildman–Crippen MR) is 94.7 cm³/mol. The second-order valence-corrected chi connectivity index (χ2v) is 5.19. The summed E-state index contributed by atoms with van der Waals surface area (Å²) in [7, 11) is 0. The molecule has 0 unspecified atom stereocenters. The molecule has 0 aliphatic heterocycles. The Morgan fingerprint density at radius 1 is 0.708 bits per heavy atom. The maximum Gasteiger partial charge on any atom is 0.0991 e. The summed E-state index contributed by atoms with van der Waals surface area (Å²) in [6.45, 7) is 0. The van der Waals surface area contributed by atoms with Crippen molar-refractivity contribution < 1.29 is 0 Å². The lowest BCUT2D eigenvalue weighted by Crippen LogP contribution is -2.04. The van der Waals surface area contributed by atoms with Gasteiger partial charge in [0.2, 0.25) is 0 Å². The highest BCUT2D eigenvalue weighted by Crippen LogP contribution is 2.31. The van der Waals surface area contributed by atoms with Gasteiger partial charge in [-0.3, -0.25) is 4.98 Å². The van der Waals surface area contributed by atoms with Crippen LogP contribution in [0.3, 0.4) is 0 Å². The average Bonchev–Trinajstić information content (AvgIpc) is 2.64. The fourth-order valence-corrected chi connectivity index (χ4v) is 2.62. The molecule has 0 amide bonds. The van der Waals surface area contributed by atoms with Gasteiger partial charge in [-0.15, -0.1) is 12.4 Å². The van der Waals surface area contributed by atoms with Crippen LogP contribution in [-0.2, 0) is 0 Å². The summed E-state index contributed by atoms with van der Waals surface area (Å²) in [6, 6.07) is 23.4. The minimum atomic E-state index is 0. The summed E-state index contributed by atoms with van der Waals surface area (Å²) >= 11 is 0. The second-order valence-electron chi connectivity index (χ2n) is 5.19. The second kappa shape index (κ2) is 7.92. The summed E-state index contributed by atoms with van der Waals surface area (Å²) < 4.78 is 0. The molecule has 0 aliphatic rings. The van der Waals surface area contributed by atoms with Gasteiger partial charge in [0.15, 0.2) is 0 Å². The van der Waals surface area contributed by atoms with Gasteiger partial charge >= 0.3 is 0 Å². The van der Waals surface area contributed by atoms with Crippen molar-refractivity contribution in [3.8, 4) is 12.1 Å². The molecule has 0 spiro atoms. The molecule has 0 atom stereocenters. The molecule has 0 aliphatic carbocycles. The van der Waals surface area contributed by atoms with E-state index in [1.807, 2.05) is 66.9 Å². The van der Waals surface area contributed by atoms with E-state index in [-0.39, 0.29) is 18.3 Å². The first kappa shape index (κ1) is 17.2. The lowest BCUT2D eigenvalue weighted by Gasteiger charge is -2.18. The van der Waals surface area contributed by atoms with Crippen LogP contribution in [0.25, 0.3) is 0 Å². The van der Waals surface area contributed by atoms with Crippen LogP contribution >= 0.6 is 12.4 Å². The van der Waals surface area contributed by atoms with E-state index in [1.165, 1.54) is 0 Å². The van der Waals surface area contributed by atoms with Crippen molar-refractivity contribution in [1.82, 2.24) is 4.98 Å². The Kier molecular flexibility index (Phi) is 5.68. The third kappa shape index (κ3) is 3.60. The van der Waals surface area contributed by atoms with E-state index in [1.54, 1.807) is 6.20 Å². The number of hydrogen-bond acceptors (Lipinski definition) is 3. The molecule has 116 valence electrons. The van der Waals surface area contributed by atoms with Gasteiger partial charge < -0.3 is 0 Å². The monoisotopic (exact) mass is 331 g/mol. The number of halogens is 1. The Morgan fingerprint density at radius 2 is 1.21 bits per heavy atom. The van der Waals surface area contributed by atoms with Crippen molar-refractivity contribution in [2.24, 2.45) is 0 Å². The minimum Gasteiger partial charge on any atom is -0.264 e. The predicted octanol–water partition coefficient (Wildman–Crippen LogP) is 4.43. The van der Waals surface area contributed by atoms with Crippen molar-refractivity contribution in [2.75, 3.05) is 0 Å². The number of rotatable bonds is 3. The van der Waals surface area contributed by atoms with Crippen LogP contribution < -0.4 is 0 Å². The smallest absolute Gasteiger partial charge is 0.0991 e. The summed E-state index contributed by atoms with van der Waals surface area (Å²) in [5, 5.41) is 17.9. The van der Waals surface area contributed by atoms with Crippen LogP contribution in [0, 0.1) is 22.7 Å². The van der Waals surface area contributed by atoms with Crippen LogP contribution in [-0.4, -0.2) is 4.98 Å². The number of aromatic nitrogens is 1. The fraction of sp³-hybridized carbons (Fsp3) is 0.0500. The SMILES string of the molecule is Cl.N#Cc1ccc(C(c2ccc(C#N)cc2)c2cccnc2)cc1. The Bertz CT molecular complexity index is 816. The van der Waals surface area contributed by atoms with Gasteiger partial charge in [-0.05, 0) is 47.0 Å². The van der Waals surface area contributed by atoms with Crippen LogP contribution in [0.5, 0.6) is 0 Å². The van der Waals surface area contributed by atoms with Gasteiger partial charge in [0, 0.05) is 18.3 Å². The van der Waals surface area contributed by atoms with Gasteiger partial charge in [0.25, 0.3) is 0 Å². The molecule has 2 aromatic carbocycles. The van der Waals surface area contributed by atoms with E-state index in [4.69, 9.17) is 10.5 Å². The molecule has 4 heteroatoms. The average molecular weight is 332 g/mol. The highest BCUT2D eigenvalue weighted by atomic mass is 35.5. The molecule has 24 heavy (non-hydrogen) atoms. The summed E-state index contributed by atoms with van der Waals surface area (Å²) in [6.07, 6.45) is 3.60. The molecular weight excluding hydrogens is 318 g/mol. The van der Waals surface area contributed by atoms with Gasteiger partial charge in [-0.25, -0.2) is 0 Å². The molecule has 3 aromatic rings. The summed E-state index contributed by atoms with van der Waals surface area (Å²) in [5.41, 5.74) is 4.52. The van der Waals surface area contributed by atoms with Gasteiger partial charge in [-0.1, -0.05) is 30.3 Å². The Balaban J connectivity index is 0.00000208. The van der Waals surface area contributed by atoms with Gasteiger partial charge in [-0.2, -0.15) is 10.5 Å². The van der Waals surface area contributed by atoms with Crippen molar-refractivity contribution in [3.05, 3.63) is 101 Å². The Hall–Kier alpha value is -3.14. The first-order valence-electron chi connectivity index (χ1n) is 7.22. The standard InChI is InChI=1S/C20H13N3.ClH/c21-12-15-3-7-17(8-4-15)20(19-2-1-11-23-14-19)18-9-5-16(13-22)6-10-18;/h1-11,14,20H;1H. The van der Waals surface area contributed by atoms with E-state index in [0.29, 0.717) is 11.1 Å². The first-order chi connectivity index (χ1) is 11.3. The van der Waals surface area contributed by atoms with Crippen molar-refractivity contribution in [1.29, 1.82) is 10.5 Å². The zero-order valence-electron chi connectivity index (χ0n) is 12.8. The molecule has 0 saturated carbocycles. The van der Waals surface area contributed by atoms with Gasteiger partial charge in [0.1, 0.15) is 0 Å². The molecule has 0 radical (unpaired) electrons. The highest BCUT2D eigenvalue weighted by Gasteiger charge is 2.17. The van der Waals surface area contributed by atoms with E-state index in [9.17, 15) is 0 Å². The molecule has 1 aromatic heterocycles. The highest BCUT2D eigenvalue weighted by molar-refractivity contribution is 5.85. The van der Waals surface area contributed by atoms with Crippen LogP contribution in [0.2, 0.25) is 0 Å². The van der Waals surface area contributed by atoms with E-state index in [2.05, 4.69) is 17.1 Å². The molecule has 0 bridgehead atoms. The van der Waals surface area contributed by atoms with Crippen molar-refractivity contribution in [2.45, 2.75) is 5.92 Å². The summed E-state index contributed by atoms with van der Waals surface area (Å²) in [4.78, 5) is 4.22. The largest absolute Gasteiger partial charge is 0.264 e. The maximum atomic E-state index is 8.97. The topological polar surface area (TPSA) is 60.5 Å². The Labute approximate surface area is 147 Å². The first-order valence-corrected chi connectivity index (χ1v) is 7.22. The zero-order chi connectivity index (χ0) is 16.1. The fourth-order valence-electron chi connectivity index (χ4n) is 2.62. The van der Waals surface area contributed by atoms with E-state index >= 15 is 0 Å². The number of hydrogen-bond donors (Lipinski definition) is 0. The minimum absolute atomic E-state index is 0. The normalized spacial score (nSPS) is 9.62. The number of nitriles is 2. The Morgan fingerprint density at radius 3 is 1.58 bits per heavy atom. The third-order valence-corrected chi connectivity index (χ3v) is 3.76. The van der Waals surface area contributed by atoms with Crippen LogP contribution in [0.15, 0.2) is 73.1 Å². The van der Waals surface area contributed by atoms with Crippen molar-refractivity contribution in [3.63, 3.8) is 0 Å². The van der Waals surface area contributed by atoms with Gasteiger partial charge in [0.05, 0.1) is 23.3 Å². The molecule has 0 saturated heterocycles.